The molecular formula is C25H32FN5O. The molecule has 2 N–H and O–H groups in total. The first-order valence-electron chi connectivity index (χ1n) is 11.2. The monoisotopic (exact) mass is 437 g/mol. The predicted octanol–water partition coefficient (Wildman–Crippen LogP) is 2.94. The Morgan fingerprint density at radius 1 is 1.00 bits per heavy atom. The maximum absolute atomic E-state index is 13.5. The number of hydrogen-bond donors (Lipinski definition) is 2. The molecule has 0 bridgehead atoms. The van der Waals surface area contributed by atoms with Gasteiger partial charge in [-0.15, -0.1) is 0 Å². The van der Waals surface area contributed by atoms with E-state index in [0.29, 0.717) is 26.3 Å². The smallest absolute Gasteiger partial charge is 0.191 e. The molecular weight excluding hydrogens is 405 g/mol. The molecule has 0 aliphatic carbocycles. The van der Waals surface area contributed by atoms with Crippen molar-refractivity contribution in [3.05, 3.63) is 77.6 Å². The second-order valence-electron chi connectivity index (χ2n) is 8.07. The number of nitrogens with one attached hydrogen (secondary N) is 2. The highest BCUT2D eigenvalue weighted by atomic mass is 19.1. The molecule has 0 saturated carbocycles. The van der Waals surface area contributed by atoms with Gasteiger partial charge in [0.25, 0.3) is 0 Å². The zero-order valence-corrected chi connectivity index (χ0v) is 18.6. The molecule has 2 heterocycles. The van der Waals surface area contributed by atoms with Crippen LogP contribution in [0.1, 0.15) is 17.2 Å². The first kappa shape index (κ1) is 22.3. The fourth-order valence-corrected chi connectivity index (χ4v) is 4.15. The van der Waals surface area contributed by atoms with Gasteiger partial charge >= 0.3 is 0 Å². The molecule has 2 aromatic rings. The summed E-state index contributed by atoms with van der Waals surface area (Å²) in [6, 6.07) is 15.6. The van der Waals surface area contributed by atoms with Gasteiger partial charge in [0, 0.05) is 52.0 Å². The minimum atomic E-state index is -0.216. The zero-order chi connectivity index (χ0) is 22.2. The Morgan fingerprint density at radius 2 is 1.69 bits per heavy atom. The topological polar surface area (TPSA) is 52.1 Å². The van der Waals surface area contributed by atoms with Crippen molar-refractivity contribution in [1.82, 2.24) is 15.5 Å². The van der Waals surface area contributed by atoms with Gasteiger partial charge in [0.15, 0.2) is 5.96 Å². The zero-order valence-electron chi connectivity index (χ0n) is 18.6. The highest BCUT2D eigenvalue weighted by molar-refractivity contribution is 5.79. The SMILES string of the molecule is CN=C(NCc1ccc(N2CC=CC2)cc1)NCC(c1ccc(F)cc1)N1CCOCC1. The van der Waals surface area contributed by atoms with Crippen molar-refractivity contribution in [3.63, 3.8) is 0 Å². The number of guanidine groups is 1. The Morgan fingerprint density at radius 3 is 2.34 bits per heavy atom. The summed E-state index contributed by atoms with van der Waals surface area (Å²) in [5.41, 5.74) is 3.53. The van der Waals surface area contributed by atoms with Crippen molar-refractivity contribution in [2.75, 3.05) is 57.9 Å². The van der Waals surface area contributed by atoms with Gasteiger partial charge in [0.1, 0.15) is 5.82 Å². The third kappa shape index (κ3) is 5.87. The van der Waals surface area contributed by atoms with Gasteiger partial charge in [-0.3, -0.25) is 9.89 Å². The molecule has 170 valence electrons. The number of ether oxygens (including phenoxy) is 1. The van der Waals surface area contributed by atoms with Crippen LogP contribution in [0.25, 0.3) is 0 Å². The van der Waals surface area contributed by atoms with Crippen LogP contribution in [0, 0.1) is 5.82 Å². The van der Waals surface area contributed by atoms with E-state index in [2.05, 4.69) is 61.8 Å². The number of rotatable bonds is 7. The number of anilines is 1. The number of nitrogens with zero attached hydrogens (tertiary/aromatic N) is 3. The first-order chi connectivity index (χ1) is 15.7. The summed E-state index contributed by atoms with van der Waals surface area (Å²) in [5.74, 6) is 0.533. The molecule has 0 radical (unpaired) electrons. The Kier molecular flexibility index (Phi) is 7.74. The average Bonchev–Trinajstić information content (AvgIpc) is 3.38. The minimum absolute atomic E-state index is 0.117. The van der Waals surface area contributed by atoms with E-state index in [1.165, 1.54) is 23.4 Å². The summed E-state index contributed by atoms with van der Waals surface area (Å²) in [6.07, 6.45) is 4.39. The van der Waals surface area contributed by atoms with E-state index in [9.17, 15) is 4.39 Å². The van der Waals surface area contributed by atoms with E-state index in [-0.39, 0.29) is 11.9 Å². The molecule has 2 aliphatic heterocycles. The maximum atomic E-state index is 13.5. The van der Waals surface area contributed by atoms with Gasteiger partial charge < -0.3 is 20.3 Å². The molecule has 6 nitrogen and oxygen atoms in total. The lowest BCUT2D eigenvalue weighted by Gasteiger charge is -2.35. The van der Waals surface area contributed by atoms with Crippen LogP contribution >= 0.6 is 0 Å². The molecule has 2 aliphatic rings. The van der Waals surface area contributed by atoms with E-state index in [0.717, 1.165) is 37.7 Å². The van der Waals surface area contributed by atoms with Gasteiger partial charge in [-0.05, 0) is 35.4 Å². The number of morpholine rings is 1. The number of benzene rings is 2. The van der Waals surface area contributed by atoms with Crippen LogP contribution in [-0.4, -0.2) is 63.8 Å². The van der Waals surface area contributed by atoms with E-state index in [1.807, 2.05) is 12.1 Å². The Labute approximate surface area is 189 Å². The normalized spacial score (nSPS) is 18.1. The lowest BCUT2D eigenvalue weighted by Crippen LogP contribution is -2.46. The fourth-order valence-electron chi connectivity index (χ4n) is 4.15. The Hall–Kier alpha value is -2.90. The second kappa shape index (κ2) is 11.1. The largest absolute Gasteiger partial charge is 0.379 e. The summed E-state index contributed by atoms with van der Waals surface area (Å²) in [6.45, 7) is 6.47. The van der Waals surface area contributed by atoms with Crippen molar-refractivity contribution in [1.29, 1.82) is 0 Å². The van der Waals surface area contributed by atoms with E-state index in [1.54, 1.807) is 7.05 Å². The highest BCUT2D eigenvalue weighted by Crippen LogP contribution is 2.22. The molecule has 1 saturated heterocycles. The van der Waals surface area contributed by atoms with Crippen molar-refractivity contribution >= 4 is 11.6 Å². The molecule has 32 heavy (non-hydrogen) atoms. The second-order valence-corrected chi connectivity index (χ2v) is 8.07. The van der Waals surface area contributed by atoms with Crippen LogP contribution in [-0.2, 0) is 11.3 Å². The summed E-state index contributed by atoms with van der Waals surface area (Å²) < 4.78 is 19.0. The van der Waals surface area contributed by atoms with E-state index < -0.39 is 0 Å². The third-order valence-electron chi connectivity index (χ3n) is 6.01. The number of hydrogen-bond acceptors (Lipinski definition) is 4. The number of halogens is 1. The third-order valence-corrected chi connectivity index (χ3v) is 6.01. The quantitative estimate of drug-likeness (QED) is 0.396. The van der Waals surface area contributed by atoms with Crippen molar-refractivity contribution < 1.29 is 9.13 Å². The van der Waals surface area contributed by atoms with Crippen molar-refractivity contribution in [3.8, 4) is 0 Å². The van der Waals surface area contributed by atoms with Gasteiger partial charge in [0.05, 0.1) is 19.3 Å². The molecule has 1 atom stereocenters. The molecule has 0 amide bonds. The van der Waals surface area contributed by atoms with Crippen LogP contribution in [0.15, 0.2) is 65.7 Å². The van der Waals surface area contributed by atoms with Crippen LogP contribution in [0.5, 0.6) is 0 Å². The predicted molar refractivity (Wildman–Crippen MR) is 128 cm³/mol. The molecule has 1 fully saturated rings. The summed E-state index contributed by atoms with van der Waals surface area (Å²) in [7, 11) is 1.78. The summed E-state index contributed by atoms with van der Waals surface area (Å²) in [5, 5.41) is 6.86. The van der Waals surface area contributed by atoms with E-state index in [4.69, 9.17) is 4.74 Å². The molecule has 4 rings (SSSR count). The van der Waals surface area contributed by atoms with Gasteiger partial charge in [0.2, 0.25) is 0 Å². The lowest BCUT2D eigenvalue weighted by atomic mass is 10.0. The molecule has 7 heteroatoms. The van der Waals surface area contributed by atoms with Crippen LogP contribution in [0.3, 0.4) is 0 Å². The maximum Gasteiger partial charge on any atom is 0.191 e. The highest BCUT2D eigenvalue weighted by Gasteiger charge is 2.23. The Bertz CT molecular complexity index is 899. The van der Waals surface area contributed by atoms with Gasteiger partial charge in [-0.1, -0.05) is 36.4 Å². The lowest BCUT2D eigenvalue weighted by molar-refractivity contribution is 0.0170. The molecule has 1 unspecified atom stereocenters. The van der Waals surface area contributed by atoms with Crippen LogP contribution in [0.4, 0.5) is 10.1 Å². The van der Waals surface area contributed by atoms with Crippen molar-refractivity contribution in [2.45, 2.75) is 12.6 Å². The van der Waals surface area contributed by atoms with Crippen LogP contribution in [0.2, 0.25) is 0 Å². The van der Waals surface area contributed by atoms with Crippen LogP contribution < -0.4 is 15.5 Å². The first-order valence-corrected chi connectivity index (χ1v) is 11.2. The average molecular weight is 438 g/mol. The van der Waals surface area contributed by atoms with Gasteiger partial charge in [-0.25, -0.2) is 4.39 Å². The molecule has 2 aromatic carbocycles. The Balaban J connectivity index is 1.33. The molecule has 0 aromatic heterocycles. The fraction of sp³-hybridized carbons (Fsp3) is 0.400. The van der Waals surface area contributed by atoms with Crippen molar-refractivity contribution in [2.24, 2.45) is 4.99 Å². The molecule has 0 spiro atoms. The minimum Gasteiger partial charge on any atom is -0.379 e. The summed E-state index contributed by atoms with van der Waals surface area (Å²) in [4.78, 5) is 9.09. The standard InChI is InChI=1S/C25H32FN5O/c1-27-25(28-18-20-4-10-23(11-5-20)30-12-2-3-13-30)29-19-24(31-14-16-32-17-15-31)21-6-8-22(26)9-7-21/h2-11,24H,12-19H2,1H3,(H2,27,28,29). The number of aliphatic imine (C=N–C) groups is 1. The summed E-state index contributed by atoms with van der Waals surface area (Å²) >= 11 is 0. The van der Waals surface area contributed by atoms with Gasteiger partial charge in [-0.2, -0.15) is 0 Å². The van der Waals surface area contributed by atoms with E-state index >= 15 is 0 Å².